The fourth-order valence-corrected chi connectivity index (χ4v) is 2.12. The van der Waals surface area contributed by atoms with Crippen molar-refractivity contribution in [3.63, 3.8) is 0 Å². The van der Waals surface area contributed by atoms with E-state index in [9.17, 15) is 9.59 Å². The summed E-state index contributed by atoms with van der Waals surface area (Å²) in [4.78, 5) is 24.7. The summed E-state index contributed by atoms with van der Waals surface area (Å²) in [6.45, 7) is 13.9. The van der Waals surface area contributed by atoms with Gasteiger partial charge in [0.05, 0.1) is 17.2 Å². The van der Waals surface area contributed by atoms with E-state index in [1.807, 2.05) is 26.8 Å². The number of amides is 2. The van der Waals surface area contributed by atoms with Crippen molar-refractivity contribution >= 4 is 17.8 Å². The molecule has 136 valence electrons. The fourth-order valence-electron chi connectivity index (χ4n) is 2.12. The van der Waals surface area contributed by atoms with Crippen LogP contribution in [-0.4, -0.2) is 45.4 Å². The number of nitrogens with one attached hydrogen (secondary N) is 1. The minimum atomic E-state index is -0.926. The van der Waals surface area contributed by atoms with Crippen LogP contribution in [0.3, 0.4) is 0 Å². The monoisotopic (exact) mass is 338 g/mol. The average molecular weight is 338 g/mol. The van der Waals surface area contributed by atoms with Crippen LogP contribution in [0, 0.1) is 5.92 Å². The van der Waals surface area contributed by atoms with E-state index >= 15 is 0 Å². The molecular weight excluding hydrogens is 308 g/mol. The summed E-state index contributed by atoms with van der Waals surface area (Å²) in [6, 6.07) is 1.52. The second kappa shape index (κ2) is 6.83. The van der Waals surface area contributed by atoms with E-state index in [2.05, 4.69) is 31.2 Å². The zero-order valence-corrected chi connectivity index (χ0v) is 16.0. The standard InChI is InChI=1S/C17H30N4O3/c1-11(14(22)23)10-20(8)15(24)18-13-9-12(16(2,3)4)19-21(13)17(5,6)7/h9,11H,10H2,1-8H3,(H,18,24)(H,22,23). The molecule has 0 fully saturated rings. The number of carboxylic acid groups (broad SMARTS) is 1. The van der Waals surface area contributed by atoms with E-state index in [0.717, 1.165) is 5.69 Å². The zero-order chi connectivity index (χ0) is 18.9. The molecule has 24 heavy (non-hydrogen) atoms. The van der Waals surface area contributed by atoms with Gasteiger partial charge in [-0.1, -0.05) is 27.7 Å². The van der Waals surface area contributed by atoms with Crippen LogP contribution in [0.5, 0.6) is 0 Å². The van der Waals surface area contributed by atoms with Crippen molar-refractivity contribution < 1.29 is 14.7 Å². The number of carboxylic acids is 1. The van der Waals surface area contributed by atoms with Crippen molar-refractivity contribution in [3.8, 4) is 0 Å². The maximum atomic E-state index is 12.4. The fraction of sp³-hybridized carbons (Fsp3) is 0.706. The molecule has 7 nitrogen and oxygen atoms in total. The molecule has 2 amide bonds. The first-order valence-electron chi connectivity index (χ1n) is 8.09. The molecular formula is C17H30N4O3. The highest BCUT2D eigenvalue weighted by atomic mass is 16.4. The molecule has 0 bridgehead atoms. The molecule has 1 rings (SSSR count). The number of hydrogen-bond donors (Lipinski definition) is 2. The molecule has 0 spiro atoms. The first-order valence-corrected chi connectivity index (χ1v) is 8.09. The number of urea groups is 1. The Hall–Kier alpha value is -2.05. The van der Waals surface area contributed by atoms with Gasteiger partial charge in [-0.3, -0.25) is 10.1 Å². The Labute approximate surface area is 144 Å². The number of rotatable bonds is 4. The van der Waals surface area contributed by atoms with Gasteiger partial charge in [0.1, 0.15) is 5.82 Å². The molecule has 0 aliphatic rings. The molecule has 1 aromatic heterocycles. The van der Waals surface area contributed by atoms with E-state index in [-0.39, 0.29) is 23.5 Å². The molecule has 0 aromatic carbocycles. The van der Waals surface area contributed by atoms with Crippen molar-refractivity contribution in [3.05, 3.63) is 11.8 Å². The molecule has 1 atom stereocenters. The van der Waals surface area contributed by atoms with Gasteiger partial charge >= 0.3 is 12.0 Å². The minimum absolute atomic E-state index is 0.136. The lowest BCUT2D eigenvalue weighted by atomic mass is 9.92. The van der Waals surface area contributed by atoms with Gasteiger partial charge in [0.2, 0.25) is 0 Å². The molecule has 0 saturated carbocycles. The Kier molecular flexibility index (Phi) is 5.69. The Morgan fingerprint density at radius 2 is 1.83 bits per heavy atom. The third-order valence-electron chi connectivity index (χ3n) is 3.66. The van der Waals surface area contributed by atoms with Crippen LogP contribution in [0.1, 0.15) is 54.2 Å². The molecule has 7 heteroatoms. The largest absolute Gasteiger partial charge is 0.481 e. The summed E-state index contributed by atoms with van der Waals surface area (Å²) in [5, 5.41) is 16.5. The second-order valence-corrected chi connectivity index (χ2v) is 8.30. The summed E-state index contributed by atoms with van der Waals surface area (Å²) in [5.74, 6) is -0.949. The van der Waals surface area contributed by atoms with Crippen LogP contribution in [0.2, 0.25) is 0 Å². The van der Waals surface area contributed by atoms with Crippen molar-refractivity contribution in [1.29, 1.82) is 0 Å². The maximum absolute atomic E-state index is 12.4. The molecule has 1 heterocycles. The number of aliphatic carboxylic acids is 1. The van der Waals surface area contributed by atoms with Crippen LogP contribution in [0.4, 0.5) is 10.6 Å². The van der Waals surface area contributed by atoms with Gasteiger partial charge in [-0.05, 0) is 20.8 Å². The normalized spacial score (nSPS) is 13.5. The van der Waals surface area contributed by atoms with E-state index in [1.54, 1.807) is 18.7 Å². The van der Waals surface area contributed by atoms with Gasteiger partial charge < -0.3 is 10.0 Å². The van der Waals surface area contributed by atoms with Crippen molar-refractivity contribution in [2.24, 2.45) is 5.92 Å². The number of carbonyl (C=O) groups is 2. The molecule has 0 aliphatic heterocycles. The number of carbonyl (C=O) groups excluding carboxylic acids is 1. The van der Waals surface area contributed by atoms with Crippen LogP contribution in [0.15, 0.2) is 6.07 Å². The average Bonchev–Trinajstić information content (AvgIpc) is 2.82. The van der Waals surface area contributed by atoms with Gasteiger partial charge in [0, 0.05) is 25.1 Å². The Morgan fingerprint density at radius 1 is 1.29 bits per heavy atom. The third-order valence-corrected chi connectivity index (χ3v) is 3.66. The highest BCUT2D eigenvalue weighted by Gasteiger charge is 2.26. The van der Waals surface area contributed by atoms with Crippen molar-refractivity contribution in [2.75, 3.05) is 18.9 Å². The summed E-state index contributed by atoms with van der Waals surface area (Å²) in [5.41, 5.74) is 0.452. The highest BCUT2D eigenvalue weighted by molar-refractivity contribution is 5.88. The first-order chi connectivity index (χ1) is 10.7. The maximum Gasteiger partial charge on any atom is 0.322 e. The molecule has 0 saturated heterocycles. The molecule has 1 aromatic rings. The summed E-state index contributed by atoms with van der Waals surface area (Å²) in [6.07, 6.45) is 0. The van der Waals surface area contributed by atoms with Gasteiger partial charge in [0.15, 0.2) is 0 Å². The van der Waals surface area contributed by atoms with E-state index in [1.165, 1.54) is 4.90 Å². The van der Waals surface area contributed by atoms with E-state index in [0.29, 0.717) is 5.82 Å². The lowest BCUT2D eigenvalue weighted by molar-refractivity contribution is -0.141. The van der Waals surface area contributed by atoms with Gasteiger partial charge in [0.25, 0.3) is 0 Å². The predicted molar refractivity (Wildman–Crippen MR) is 94.4 cm³/mol. The minimum Gasteiger partial charge on any atom is -0.481 e. The van der Waals surface area contributed by atoms with E-state index < -0.39 is 11.9 Å². The Morgan fingerprint density at radius 3 is 2.25 bits per heavy atom. The van der Waals surface area contributed by atoms with E-state index in [4.69, 9.17) is 5.11 Å². The smallest absolute Gasteiger partial charge is 0.322 e. The predicted octanol–water partition coefficient (Wildman–Crippen LogP) is 3.12. The van der Waals surface area contributed by atoms with Crippen LogP contribution in [0.25, 0.3) is 0 Å². The first kappa shape index (κ1) is 20.0. The summed E-state index contributed by atoms with van der Waals surface area (Å²) in [7, 11) is 1.58. The van der Waals surface area contributed by atoms with Crippen LogP contribution < -0.4 is 5.32 Å². The van der Waals surface area contributed by atoms with Crippen LogP contribution in [-0.2, 0) is 15.7 Å². The molecule has 0 aliphatic carbocycles. The number of aromatic nitrogens is 2. The quantitative estimate of drug-likeness (QED) is 0.883. The van der Waals surface area contributed by atoms with Gasteiger partial charge in [-0.25, -0.2) is 9.48 Å². The SMILES string of the molecule is CC(CN(C)C(=O)Nc1cc(C(C)(C)C)nn1C(C)(C)C)C(=O)O. The summed E-state index contributed by atoms with van der Waals surface area (Å²) < 4.78 is 1.79. The van der Waals surface area contributed by atoms with Crippen molar-refractivity contribution in [1.82, 2.24) is 14.7 Å². The number of hydrogen-bond acceptors (Lipinski definition) is 3. The molecule has 2 N–H and O–H groups in total. The summed E-state index contributed by atoms with van der Waals surface area (Å²) >= 11 is 0. The Balaban J connectivity index is 3.03. The highest BCUT2D eigenvalue weighted by Crippen LogP contribution is 2.28. The molecule has 1 unspecified atom stereocenters. The number of anilines is 1. The molecule has 0 radical (unpaired) electrons. The van der Waals surface area contributed by atoms with Gasteiger partial charge in [-0.15, -0.1) is 0 Å². The topological polar surface area (TPSA) is 87.5 Å². The van der Waals surface area contributed by atoms with Crippen LogP contribution >= 0.6 is 0 Å². The number of nitrogens with zero attached hydrogens (tertiary/aromatic N) is 3. The second-order valence-electron chi connectivity index (χ2n) is 8.30. The van der Waals surface area contributed by atoms with Gasteiger partial charge in [-0.2, -0.15) is 5.10 Å². The lowest BCUT2D eigenvalue weighted by Gasteiger charge is -2.24. The van der Waals surface area contributed by atoms with Crippen molar-refractivity contribution in [2.45, 2.75) is 59.4 Å². The third kappa shape index (κ3) is 4.97. The Bertz CT molecular complexity index is 608. The zero-order valence-electron chi connectivity index (χ0n) is 16.0. The lowest BCUT2D eigenvalue weighted by Crippen LogP contribution is -2.38.